The van der Waals surface area contributed by atoms with Gasteiger partial charge in [0.1, 0.15) is 53.0 Å². The summed E-state index contributed by atoms with van der Waals surface area (Å²) in [5, 5.41) is 17.1. The number of hydrogen-bond acceptors (Lipinski definition) is 10. The maximum absolute atomic E-state index is 14.6. The molecule has 1 unspecified atom stereocenters. The Morgan fingerprint density at radius 1 is 1.02 bits per heavy atom. The van der Waals surface area contributed by atoms with Crippen molar-refractivity contribution in [2.75, 3.05) is 46.0 Å². The lowest BCUT2D eigenvalue weighted by Crippen LogP contribution is -2.56. The number of carboxylic acid groups (broad SMARTS) is 1. The molecule has 4 aliphatic carbocycles. The number of aliphatic carboxylic acids is 1. The third-order valence-corrected chi connectivity index (χ3v) is 13.7. The minimum atomic E-state index is -1.44. The second-order valence-corrected chi connectivity index (χ2v) is 17.8. The number of ether oxygens (including phenoxy) is 4. The van der Waals surface area contributed by atoms with Gasteiger partial charge in [-0.05, 0) is 81.8 Å². The molecule has 9 rings (SSSR count). The molecule has 0 bridgehead atoms. The number of morpholine rings is 1. The lowest BCUT2D eigenvalue weighted by Gasteiger charge is -2.29. The number of halogens is 1. The third-order valence-electron chi connectivity index (χ3n) is 13.3. The van der Waals surface area contributed by atoms with E-state index in [0.29, 0.717) is 71.9 Å². The number of amides is 3. The molecule has 7 aliphatic rings. The van der Waals surface area contributed by atoms with Crippen molar-refractivity contribution in [3.8, 4) is 11.5 Å². The lowest BCUT2D eigenvalue weighted by molar-refractivity contribution is -0.145. The molecule has 4 saturated carbocycles. The van der Waals surface area contributed by atoms with Crippen molar-refractivity contribution in [1.82, 2.24) is 25.4 Å². The van der Waals surface area contributed by atoms with Crippen LogP contribution >= 0.6 is 11.6 Å². The molecule has 14 nitrogen and oxygen atoms in total. The van der Waals surface area contributed by atoms with Gasteiger partial charge in [0.2, 0.25) is 11.8 Å². The van der Waals surface area contributed by atoms with Crippen LogP contribution in [0.15, 0.2) is 30.4 Å². The highest BCUT2D eigenvalue weighted by atomic mass is 35.5. The fourth-order valence-electron chi connectivity index (χ4n) is 9.54. The number of aromatic nitrogens is 1. The van der Waals surface area contributed by atoms with Gasteiger partial charge in [0.25, 0.3) is 0 Å². The van der Waals surface area contributed by atoms with Gasteiger partial charge < -0.3 is 39.6 Å². The summed E-state index contributed by atoms with van der Waals surface area (Å²) in [7, 11) is 0. The van der Waals surface area contributed by atoms with Crippen LogP contribution in [0.25, 0.3) is 10.9 Å². The molecule has 3 amide bonds. The van der Waals surface area contributed by atoms with Gasteiger partial charge in [-0.2, -0.15) is 0 Å². The molecule has 312 valence electrons. The zero-order valence-electron chi connectivity index (χ0n) is 32.9. The van der Waals surface area contributed by atoms with Gasteiger partial charge in [-0.1, -0.05) is 36.6 Å². The summed E-state index contributed by atoms with van der Waals surface area (Å²) >= 11 is 7.01. The predicted molar refractivity (Wildman–Crippen MR) is 213 cm³/mol. The van der Waals surface area contributed by atoms with Crippen molar-refractivity contribution in [3.05, 3.63) is 41.1 Å². The number of carboxylic acids is 1. The molecule has 3 N–H and O–H groups in total. The highest BCUT2D eigenvalue weighted by molar-refractivity contribution is 6.36. The third kappa shape index (κ3) is 8.47. The van der Waals surface area contributed by atoms with Gasteiger partial charge in [-0.3, -0.25) is 19.5 Å². The van der Waals surface area contributed by atoms with Crippen LogP contribution in [0, 0.1) is 17.8 Å². The van der Waals surface area contributed by atoms with E-state index in [9.17, 15) is 24.3 Å². The number of fused-ring (bicyclic) bond motifs is 4. The SMILES string of the molecule is O=C(N[C@H]1CCCCC/C=C\[C@@H]2C[C@@]2(C(=O)O)NC(=O)[C@@H]2C[C@@H](Oc3cc(C4CC4)nc4c(Cl)c(OCCN5CCOCC5)ccc34)CN2C1=O)O[C@@H]1CC2C[C@@H]2C1. The normalized spacial score (nSPS) is 33.1. The van der Waals surface area contributed by atoms with E-state index in [1.54, 1.807) is 0 Å². The second kappa shape index (κ2) is 16.5. The molecule has 58 heavy (non-hydrogen) atoms. The summed E-state index contributed by atoms with van der Waals surface area (Å²) in [6.07, 6.45) is 11.2. The predicted octanol–water partition coefficient (Wildman–Crippen LogP) is 5.20. The van der Waals surface area contributed by atoms with E-state index in [4.69, 9.17) is 35.5 Å². The topological polar surface area (TPSA) is 169 Å². The minimum Gasteiger partial charge on any atom is -0.491 e. The Balaban J connectivity index is 0.970. The number of carbonyl (C=O) groups excluding carboxylic acids is 3. The molecule has 2 saturated heterocycles. The van der Waals surface area contributed by atoms with E-state index >= 15 is 0 Å². The Morgan fingerprint density at radius 3 is 2.60 bits per heavy atom. The van der Waals surface area contributed by atoms with Gasteiger partial charge >= 0.3 is 12.1 Å². The van der Waals surface area contributed by atoms with E-state index in [1.807, 2.05) is 30.4 Å². The summed E-state index contributed by atoms with van der Waals surface area (Å²) in [5.41, 5.74) is -0.0235. The van der Waals surface area contributed by atoms with Crippen molar-refractivity contribution in [1.29, 1.82) is 0 Å². The largest absolute Gasteiger partial charge is 0.491 e. The van der Waals surface area contributed by atoms with Crippen LogP contribution in [0.2, 0.25) is 5.02 Å². The van der Waals surface area contributed by atoms with Gasteiger partial charge in [-0.15, -0.1) is 0 Å². The number of carbonyl (C=O) groups is 4. The zero-order chi connectivity index (χ0) is 40.0. The first-order valence-corrected chi connectivity index (χ1v) is 21.8. The first kappa shape index (κ1) is 39.3. The highest BCUT2D eigenvalue weighted by Crippen LogP contribution is 2.52. The zero-order valence-corrected chi connectivity index (χ0v) is 33.6. The van der Waals surface area contributed by atoms with Crippen molar-refractivity contribution in [2.24, 2.45) is 17.8 Å². The van der Waals surface area contributed by atoms with Gasteiger partial charge in [0.05, 0.1) is 25.3 Å². The lowest BCUT2D eigenvalue weighted by atomic mass is 10.0. The molecule has 15 heteroatoms. The average molecular weight is 820 g/mol. The summed E-state index contributed by atoms with van der Waals surface area (Å²) in [4.78, 5) is 63.5. The maximum atomic E-state index is 14.6. The average Bonchev–Trinajstić information content (AvgIpc) is 4.18. The van der Waals surface area contributed by atoms with Crippen LogP contribution in [-0.2, 0) is 23.9 Å². The van der Waals surface area contributed by atoms with Crippen molar-refractivity contribution < 1.29 is 43.2 Å². The van der Waals surface area contributed by atoms with Crippen LogP contribution in [0.3, 0.4) is 0 Å². The fourth-order valence-corrected chi connectivity index (χ4v) is 9.81. The van der Waals surface area contributed by atoms with Crippen LogP contribution in [-0.4, -0.2) is 120 Å². The molecular weight excluding hydrogens is 766 g/mol. The number of pyridine rings is 1. The molecular formula is C43H54ClN5O9. The minimum absolute atomic E-state index is 0.0541. The second-order valence-electron chi connectivity index (χ2n) is 17.5. The Labute approximate surface area is 343 Å². The van der Waals surface area contributed by atoms with Crippen molar-refractivity contribution in [3.63, 3.8) is 0 Å². The van der Waals surface area contributed by atoms with Crippen molar-refractivity contribution in [2.45, 2.75) is 113 Å². The van der Waals surface area contributed by atoms with Gasteiger partial charge in [-0.25, -0.2) is 9.59 Å². The monoisotopic (exact) mass is 819 g/mol. The standard InChI is InChI=1S/C43H54ClN5O9/c44-37-35(56-17-14-48-12-15-55-16-13-48)11-10-31-36(22-33(25-8-9-25)45-38(31)37)57-30-21-34-39(50)47-43(41(52)53)23-28(43)6-4-2-1-3-5-7-32(40(51)49(34)24-30)46-42(54)58-29-19-26-18-27(26)20-29/h4,6,10-11,22,25-30,32,34H,1-3,5,7-9,12-21,23-24H2,(H,46,54)(H,47,50)(H,52,53)/b6-4-/t26-,27?,28-,29+,30-,32+,34+,43-/m1/s1. The van der Waals surface area contributed by atoms with E-state index in [0.717, 1.165) is 70.3 Å². The Hall–Kier alpha value is -4.14. The quantitative estimate of drug-likeness (QED) is 0.270. The summed E-state index contributed by atoms with van der Waals surface area (Å²) in [5.74, 6) is 0.181. The van der Waals surface area contributed by atoms with Crippen molar-refractivity contribution >= 4 is 46.4 Å². The Morgan fingerprint density at radius 2 is 1.83 bits per heavy atom. The Kier molecular flexibility index (Phi) is 11.2. The molecule has 0 spiro atoms. The number of rotatable bonds is 10. The first-order valence-electron chi connectivity index (χ1n) is 21.4. The number of nitrogens with zero attached hydrogens (tertiary/aromatic N) is 3. The number of benzene rings is 1. The molecule has 3 aliphatic heterocycles. The van der Waals surface area contributed by atoms with Crippen LogP contribution < -0.4 is 20.1 Å². The molecule has 0 radical (unpaired) electrons. The molecule has 1 aromatic heterocycles. The molecule has 1 aromatic carbocycles. The number of alkyl carbamates (subject to hydrolysis) is 1. The van der Waals surface area contributed by atoms with E-state index in [2.05, 4.69) is 15.5 Å². The molecule has 2 aromatic rings. The number of hydrogen-bond donors (Lipinski definition) is 3. The van der Waals surface area contributed by atoms with E-state index in [-0.39, 0.29) is 37.3 Å². The maximum Gasteiger partial charge on any atom is 0.408 e. The number of allylic oxidation sites excluding steroid dienone is 1. The fraction of sp³-hybridized carbons (Fsp3) is 0.651. The Bertz CT molecular complexity index is 1940. The number of nitrogens with one attached hydrogen (secondary N) is 2. The first-order chi connectivity index (χ1) is 28.1. The van der Waals surface area contributed by atoms with Crippen LogP contribution in [0.4, 0.5) is 4.79 Å². The van der Waals surface area contributed by atoms with Gasteiger partial charge in [0, 0.05) is 55.0 Å². The van der Waals surface area contributed by atoms with E-state index < -0.39 is 47.6 Å². The summed E-state index contributed by atoms with van der Waals surface area (Å²) < 4.78 is 24.2. The van der Waals surface area contributed by atoms with Gasteiger partial charge in [0.15, 0.2) is 0 Å². The summed E-state index contributed by atoms with van der Waals surface area (Å²) in [6, 6.07) is 3.68. The molecule has 6 fully saturated rings. The van der Waals surface area contributed by atoms with Crippen LogP contribution in [0.1, 0.15) is 88.7 Å². The molecule has 4 heterocycles. The highest BCUT2D eigenvalue weighted by Gasteiger charge is 2.61. The molecule has 8 atom stereocenters. The van der Waals surface area contributed by atoms with E-state index in [1.165, 1.54) is 11.3 Å². The smallest absolute Gasteiger partial charge is 0.408 e. The van der Waals surface area contributed by atoms with Crippen LogP contribution in [0.5, 0.6) is 11.5 Å². The summed E-state index contributed by atoms with van der Waals surface area (Å²) in [6.45, 7) is 4.40.